The Hall–Kier alpha value is -3.02. The van der Waals surface area contributed by atoms with Crippen LogP contribution in [0.4, 0.5) is 16.0 Å². The van der Waals surface area contributed by atoms with E-state index in [0.29, 0.717) is 36.3 Å². The average molecular weight is 494 g/mol. The van der Waals surface area contributed by atoms with Gasteiger partial charge in [-0.25, -0.2) is 15.0 Å². The van der Waals surface area contributed by atoms with Crippen molar-refractivity contribution in [3.63, 3.8) is 0 Å². The molecule has 3 amide bonds. The molecule has 3 rings (SSSR count). The van der Waals surface area contributed by atoms with Gasteiger partial charge in [-0.2, -0.15) is 4.39 Å². The van der Waals surface area contributed by atoms with Crippen molar-refractivity contribution in [3.8, 4) is 0 Å². The number of hydrogen-bond donors (Lipinski definition) is 3. The number of amides is 3. The normalized spacial score (nSPS) is 21.0. The molecule has 1 aliphatic carbocycles. The molecule has 1 saturated heterocycles. The third-order valence-corrected chi connectivity index (χ3v) is 6.91. The number of carbonyl (C=O) groups excluding carboxylic acids is 3. The molecule has 1 aromatic rings. The topological polar surface area (TPSA) is 131 Å². The Kier molecular flexibility index (Phi) is 8.82. The number of aryl methyl sites for hydroxylation is 1. The molecule has 0 radical (unpaired) electrons. The summed E-state index contributed by atoms with van der Waals surface area (Å²) in [6.07, 6.45) is 4.96. The number of anilines is 2. The summed E-state index contributed by atoms with van der Waals surface area (Å²) in [6, 6.07) is 0. The zero-order valence-electron chi connectivity index (χ0n) is 20.8. The molecular weight excluding hydrogens is 457 g/mol. The van der Waals surface area contributed by atoms with E-state index >= 15 is 4.39 Å². The lowest BCUT2D eigenvalue weighted by Gasteiger charge is -2.23. The van der Waals surface area contributed by atoms with Gasteiger partial charge in [0, 0.05) is 27.2 Å². The van der Waals surface area contributed by atoms with E-state index in [4.69, 9.17) is 0 Å². The number of nitrogens with zero attached hydrogens (tertiary/aromatic N) is 5. The smallest absolute Gasteiger partial charge is 0.243 e. The van der Waals surface area contributed by atoms with Gasteiger partial charge >= 0.3 is 0 Å². The van der Waals surface area contributed by atoms with E-state index in [1.807, 2.05) is 6.92 Å². The van der Waals surface area contributed by atoms with Gasteiger partial charge in [-0.15, -0.1) is 0 Å². The fourth-order valence-electron chi connectivity index (χ4n) is 5.03. The summed E-state index contributed by atoms with van der Waals surface area (Å²) < 4.78 is 15.4. The molecule has 3 atom stereocenters. The minimum absolute atomic E-state index is 0.0154. The van der Waals surface area contributed by atoms with Crippen LogP contribution in [0.15, 0.2) is 0 Å². The minimum atomic E-state index is -0.731. The second-order valence-electron chi connectivity index (χ2n) is 9.90. The third kappa shape index (κ3) is 6.56. The molecule has 1 aromatic heterocycles. The molecule has 0 unspecified atom stereocenters. The van der Waals surface area contributed by atoms with Crippen molar-refractivity contribution in [1.29, 1.82) is 0 Å². The van der Waals surface area contributed by atoms with Crippen LogP contribution in [0.1, 0.15) is 44.9 Å². The first kappa shape index (κ1) is 26.6. The summed E-state index contributed by atoms with van der Waals surface area (Å²) in [4.78, 5) is 47.8. The molecule has 1 aliphatic heterocycles. The quantitative estimate of drug-likeness (QED) is 0.254. The van der Waals surface area contributed by atoms with Crippen LogP contribution in [-0.2, 0) is 14.4 Å². The van der Waals surface area contributed by atoms with E-state index in [9.17, 15) is 19.6 Å². The molecule has 35 heavy (non-hydrogen) atoms. The summed E-state index contributed by atoms with van der Waals surface area (Å²) in [5.74, 6) is -1.61. The Morgan fingerprint density at radius 2 is 1.94 bits per heavy atom. The van der Waals surface area contributed by atoms with Crippen LogP contribution in [-0.4, -0.2) is 77.1 Å². The molecule has 0 bridgehead atoms. The number of hydrazine groups is 1. The van der Waals surface area contributed by atoms with Crippen molar-refractivity contribution in [2.75, 3.05) is 44.1 Å². The van der Waals surface area contributed by atoms with Crippen molar-refractivity contribution >= 4 is 29.9 Å². The standard InChI is InChI=1S/C23H36FN7O4/c1-14-10-30(12-18(14)23(34)29(3)4)21-19(24)20(25-15(2)26-21)27-28-22(33)17(11-31(35)13-32)9-16-7-5-6-8-16/h13-14,16-18,35H,5-12H2,1-4H3,(H,28,33)(H,25,26,27)/t14-,17+,18-/m0/s1. The second-order valence-corrected chi connectivity index (χ2v) is 9.90. The minimum Gasteiger partial charge on any atom is -0.353 e. The van der Waals surface area contributed by atoms with Crippen molar-refractivity contribution < 1.29 is 24.0 Å². The highest BCUT2D eigenvalue weighted by Crippen LogP contribution is 2.32. The van der Waals surface area contributed by atoms with Gasteiger partial charge in [-0.05, 0) is 25.2 Å². The summed E-state index contributed by atoms with van der Waals surface area (Å²) in [6.45, 7) is 4.21. The van der Waals surface area contributed by atoms with Crippen molar-refractivity contribution in [2.24, 2.45) is 23.7 Å². The first-order valence-electron chi connectivity index (χ1n) is 12.1. The third-order valence-electron chi connectivity index (χ3n) is 6.91. The Labute approximate surface area is 205 Å². The number of hydrogen-bond acceptors (Lipinski definition) is 8. The fourth-order valence-corrected chi connectivity index (χ4v) is 5.03. The van der Waals surface area contributed by atoms with E-state index in [1.54, 1.807) is 25.9 Å². The number of halogens is 1. The molecular formula is C23H36FN7O4. The lowest BCUT2D eigenvalue weighted by atomic mass is 9.92. The van der Waals surface area contributed by atoms with Crippen molar-refractivity contribution in [3.05, 3.63) is 11.6 Å². The largest absolute Gasteiger partial charge is 0.353 e. The maximum Gasteiger partial charge on any atom is 0.243 e. The van der Waals surface area contributed by atoms with Gasteiger partial charge in [0.1, 0.15) is 5.82 Å². The monoisotopic (exact) mass is 493 g/mol. The zero-order chi connectivity index (χ0) is 25.7. The van der Waals surface area contributed by atoms with Crippen LogP contribution in [0.3, 0.4) is 0 Å². The number of rotatable bonds is 10. The Morgan fingerprint density at radius 1 is 1.26 bits per heavy atom. The van der Waals surface area contributed by atoms with Crippen LogP contribution < -0.4 is 15.8 Å². The Balaban J connectivity index is 1.71. The van der Waals surface area contributed by atoms with E-state index in [0.717, 1.165) is 25.7 Å². The van der Waals surface area contributed by atoms with Crippen molar-refractivity contribution in [1.82, 2.24) is 25.4 Å². The van der Waals surface area contributed by atoms with Gasteiger partial charge in [-0.1, -0.05) is 32.6 Å². The summed E-state index contributed by atoms with van der Waals surface area (Å²) in [5.41, 5.74) is 5.05. The van der Waals surface area contributed by atoms with E-state index in [2.05, 4.69) is 20.8 Å². The lowest BCUT2D eigenvalue weighted by Crippen LogP contribution is -2.41. The molecule has 2 heterocycles. The fraction of sp³-hybridized carbons (Fsp3) is 0.696. The molecule has 3 N–H and O–H groups in total. The van der Waals surface area contributed by atoms with Gasteiger partial charge < -0.3 is 9.80 Å². The van der Waals surface area contributed by atoms with E-state index < -0.39 is 17.6 Å². The van der Waals surface area contributed by atoms with Gasteiger partial charge in [0.25, 0.3) is 0 Å². The SMILES string of the molecule is Cc1nc(NNC(=O)[C@H](CC2CCCC2)CN(O)C=O)c(F)c(N2C[C@H](C(=O)N(C)C)[C@@H](C)C2)n1. The summed E-state index contributed by atoms with van der Waals surface area (Å²) in [7, 11) is 3.39. The summed E-state index contributed by atoms with van der Waals surface area (Å²) >= 11 is 0. The predicted octanol–water partition coefficient (Wildman–Crippen LogP) is 1.57. The second kappa shape index (κ2) is 11.6. The molecule has 2 aliphatic rings. The first-order valence-corrected chi connectivity index (χ1v) is 12.1. The number of carbonyl (C=O) groups is 3. The molecule has 0 aromatic carbocycles. The molecule has 1 saturated carbocycles. The first-order chi connectivity index (χ1) is 16.6. The number of nitrogens with one attached hydrogen (secondary N) is 2. The zero-order valence-corrected chi connectivity index (χ0v) is 20.8. The Morgan fingerprint density at radius 3 is 2.57 bits per heavy atom. The van der Waals surface area contributed by atoms with E-state index in [1.165, 1.54) is 4.90 Å². The van der Waals surface area contributed by atoms with Gasteiger partial charge in [0.05, 0.1) is 18.4 Å². The predicted molar refractivity (Wildman–Crippen MR) is 127 cm³/mol. The lowest BCUT2D eigenvalue weighted by molar-refractivity contribution is -0.154. The van der Waals surface area contributed by atoms with Crippen LogP contribution in [0.2, 0.25) is 0 Å². The molecule has 194 valence electrons. The van der Waals surface area contributed by atoms with E-state index in [-0.39, 0.29) is 42.3 Å². The van der Waals surface area contributed by atoms with Crippen LogP contribution in [0, 0.1) is 36.4 Å². The summed E-state index contributed by atoms with van der Waals surface area (Å²) in [5, 5.41) is 10.1. The highest BCUT2D eigenvalue weighted by atomic mass is 19.1. The maximum absolute atomic E-state index is 15.4. The highest BCUT2D eigenvalue weighted by Gasteiger charge is 2.38. The number of aromatic nitrogens is 2. The van der Waals surface area contributed by atoms with Gasteiger partial charge in [0.15, 0.2) is 11.6 Å². The Bertz CT molecular complexity index is 925. The molecule has 0 spiro atoms. The molecule has 11 nitrogen and oxygen atoms in total. The average Bonchev–Trinajstić information content (AvgIpc) is 3.47. The van der Waals surface area contributed by atoms with Crippen LogP contribution >= 0.6 is 0 Å². The highest BCUT2D eigenvalue weighted by molar-refractivity contribution is 5.81. The van der Waals surface area contributed by atoms with Crippen molar-refractivity contribution in [2.45, 2.75) is 46.0 Å². The maximum atomic E-state index is 15.4. The van der Waals surface area contributed by atoms with Crippen LogP contribution in [0.5, 0.6) is 0 Å². The van der Waals surface area contributed by atoms with Gasteiger partial charge in [0.2, 0.25) is 24.0 Å². The van der Waals surface area contributed by atoms with Gasteiger partial charge in [-0.3, -0.25) is 30.4 Å². The number of hydroxylamine groups is 2. The van der Waals surface area contributed by atoms with Crippen LogP contribution in [0.25, 0.3) is 0 Å². The molecule has 12 heteroatoms. The molecule has 2 fully saturated rings.